The summed E-state index contributed by atoms with van der Waals surface area (Å²) in [6.45, 7) is 0. The minimum absolute atomic E-state index is 0.119. The third-order valence-corrected chi connectivity index (χ3v) is 3.02. The van der Waals surface area contributed by atoms with Gasteiger partial charge in [-0.05, 0) is 28.8 Å². The molecule has 0 atom stereocenters. The van der Waals surface area contributed by atoms with Crippen LogP contribution in [0, 0.1) is 0 Å². The molecule has 82 valence electrons. The Kier molecular flexibility index (Phi) is 2.50. The minimum Gasteiger partial charge on any atom is -0.394 e. The van der Waals surface area contributed by atoms with Crippen LogP contribution in [0.4, 0.5) is 9.18 Å². The van der Waals surface area contributed by atoms with Crippen molar-refractivity contribution in [3.8, 4) is 5.88 Å². The highest BCUT2D eigenvalue weighted by atomic mass is 79.9. The average molecular weight is 298 g/mol. The van der Waals surface area contributed by atoms with Crippen molar-refractivity contribution >= 4 is 33.0 Å². The molecule has 0 aliphatic heterocycles. The molecule has 1 fully saturated rings. The number of halogens is 3. The van der Waals surface area contributed by atoms with Crippen molar-refractivity contribution in [2.24, 2.45) is 7.05 Å². The van der Waals surface area contributed by atoms with E-state index < -0.39 is 11.1 Å². The molecule has 0 spiro atoms. The Balaban J connectivity index is 2.39. The zero-order valence-corrected chi connectivity index (χ0v) is 10.1. The lowest BCUT2D eigenvalue weighted by Crippen LogP contribution is -2.02. The zero-order valence-electron chi connectivity index (χ0n) is 7.76. The fraction of sp³-hybridized carbons (Fsp3) is 0.500. The van der Waals surface area contributed by atoms with E-state index in [0.717, 1.165) is 0 Å². The summed E-state index contributed by atoms with van der Waals surface area (Å²) in [4.78, 5) is 10.6. The van der Waals surface area contributed by atoms with Crippen molar-refractivity contribution < 1.29 is 13.9 Å². The molecule has 0 aromatic carbocycles. The average Bonchev–Trinajstić information content (AvgIpc) is 2.82. The molecule has 0 unspecified atom stereocenters. The normalized spacial score (nSPS) is 17.6. The van der Waals surface area contributed by atoms with Gasteiger partial charge in [0.15, 0.2) is 5.67 Å². The van der Waals surface area contributed by atoms with Gasteiger partial charge < -0.3 is 4.74 Å². The van der Waals surface area contributed by atoms with Crippen LogP contribution in [0.2, 0.25) is 0 Å². The predicted octanol–water partition coefficient (Wildman–Crippen LogP) is 2.88. The fourth-order valence-electron chi connectivity index (χ4n) is 1.30. The number of rotatable bonds is 2. The van der Waals surface area contributed by atoms with Gasteiger partial charge >= 0.3 is 5.43 Å². The van der Waals surface area contributed by atoms with Gasteiger partial charge in [-0.15, -0.1) is 0 Å². The van der Waals surface area contributed by atoms with E-state index >= 15 is 0 Å². The Morgan fingerprint density at radius 1 is 1.73 bits per heavy atom. The van der Waals surface area contributed by atoms with E-state index in [-0.39, 0.29) is 11.6 Å². The van der Waals surface area contributed by atoms with E-state index in [4.69, 9.17) is 16.3 Å². The van der Waals surface area contributed by atoms with Crippen molar-refractivity contribution in [3.63, 3.8) is 0 Å². The first-order chi connectivity index (χ1) is 6.94. The van der Waals surface area contributed by atoms with Crippen LogP contribution in [-0.2, 0) is 12.7 Å². The summed E-state index contributed by atoms with van der Waals surface area (Å²) in [5.74, 6) is 0.119. The molecule has 0 amide bonds. The second kappa shape index (κ2) is 3.45. The van der Waals surface area contributed by atoms with Gasteiger partial charge in [0, 0.05) is 18.6 Å². The van der Waals surface area contributed by atoms with E-state index in [1.54, 1.807) is 7.05 Å². The number of hydrogen-bond acceptors (Lipinski definition) is 3. The van der Waals surface area contributed by atoms with Gasteiger partial charge in [-0.3, -0.25) is 0 Å². The largest absolute Gasteiger partial charge is 0.410 e. The molecule has 1 aliphatic rings. The molecule has 1 saturated carbocycles. The second-order valence-electron chi connectivity index (χ2n) is 3.40. The standard InChI is InChI=1S/C8H7BrClFN2O2/c1-13-6(15-7(10)14)4(9)5(12-13)8(11)2-3-8/h2-3H2,1H3. The topological polar surface area (TPSA) is 44.1 Å². The van der Waals surface area contributed by atoms with Crippen LogP contribution in [-0.4, -0.2) is 15.2 Å². The van der Waals surface area contributed by atoms with E-state index in [1.807, 2.05) is 0 Å². The summed E-state index contributed by atoms with van der Waals surface area (Å²) in [6, 6.07) is 0. The number of hydrogen-bond donors (Lipinski definition) is 0. The van der Waals surface area contributed by atoms with Gasteiger partial charge in [-0.1, -0.05) is 0 Å². The molecule has 0 bridgehead atoms. The molecule has 0 N–H and O–H groups in total. The maximum atomic E-state index is 13.7. The summed E-state index contributed by atoms with van der Waals surface area (Å²) in [5, 5.41) is 3.96. The van der Waals surface area contributed by atoms with Crippen LogP contribution in [0.5, 0.6) is 5.88 Å². The van der Waals surface area contributed by atoms with Crippen LogP contribution >= 0.6 is 27.5 Å². The Hall–Kier alpha value is -0.620. The first kappa shape index (κ1) is 10.9. The number of ether oxygens (including phenoxy) is 1. The molecule has 1 aliphatic carbocycles. The summed E-state index contributed by atoms with van der Waals surface area (Å²) >= 11 is 8.23. The number of nitrogens with zero attached hydrogens (tertiary/aromatic N) is 2. The summed E-state index contributed by atoms with van der Waals surface area (Å²) in [6.07, 6.45) is 0.883. The predicted molar refractivity (Wildman–Crippen MR) is 54.8 cm³/mol. The highest BCUT2D eigenvalue weighted by molar-refractivity contribution is 9.10. The summed E-state index contributed by atoms with van der Waals surface area (Å²) < 4.78 is 20.1. The second-order valence-corrected chi connectivity index (χ2v) is 4.50. The molecule has 15 heavy (non-hydrogen) atoms. The van der Waals surface area contributed by atoms with E-state index in [1.165, 1.54) is 4.68 Å². The number of aryl methyl sites for hydroxylation is 1. The van der Waals surface area contributed by atoms with Gasteiger partial charge in [0.25, 0.3) is 0 Å². The van der Waals surface area contributed by atoms with Crippen LogP contribution in [0.1, 0.15) is 18.5 Å². The van der Waals surface area contributed by atoms with Crippen molar-refractivity contribution in [2.75, 3.05) is 0 Å². The molecule has 0 radical (unpaired) electrons. The lowest BCUT2D eigenvalue weighted by molar-refractivity contribution is 0.221. The Labute approximate surface area is 98.5 Å². The molecule has 4 nitrogen and oxygen atoms in total. The zero-order chi connectivity index (χ0) is 11.2. The highest BCUT2D eigenvalue weighted by Gasteiger charge is 2.49. The lowest BCUT2D eigenvalue weighted by Gasteiger charge is -2.00. The van der Waals surface area contributed by atoms with Crippen LogP contribution in [0.3, 0.4) is 0 Å². The van der Waals surface area contributed by atoms with Gasteiger partial charge in [0.1, 0.15) is 10.2 Å². The molecular formula is C8H7BrClFN2O2. The van der Waals surface area contributed by atoms with E-state index in [0.29, 0.717) is 17.3 Å². The van der Waals surface area contributed by atoms with E-state index in [9.17, 15) is 9.18 Å². The maximum Gasteiger partial charge on any atom is 0.410 e. The Morgan fingerprint density at radius 3 is 2.80 bits per heavy atom. The summed E-state index contributed by atoms with van der Waals surface area (Å²) in [5.41, 5.74) is -2.10. The smallest absolute Gasteiger partial charge is 0.394 e. The third-order valence-electron chi connectivity index (χ3n) is 2.23. The molecular weight excluding hydrogens is 290 g/mol. The van der Waals surface area contributed by atoms with Gasteiger partial charge in [0.05, 0.1) is 0 Å². The quantitative estimate of drug-likeness (QED) is 0.788. The number of carbonyl (C=O) groups excluding carboxylic acids is 1. The van der Waals surface area contributed by atoms with Gasteiger partial charge in [0.2, 0.25) is 5.88 Å². The van der Waals surface area contributed by atoms with Gasteiger partial charge in [-0.25, -0.2) is 13.9 Å². The van der Waals surface area contributed by atoms with E-state index in [2.05, 4.69) is 21.0 Å². The first-order valence-corrected chi connectivity index (χ1v) is 5.40. The summed E-state index contributed by atoms with van der Waals surface area (Å²) in [7, 11) is 1.55. The van der Waals surface area contributed by atoms with Gasteiger partial charge in [-0.2, -0.15) is 5.10 Å². The molecule has 2 rings (SSSR count). The number of carbonyl (C=O) groups is 1. The van der Waals surface area contributed by atoms with Crippen molar-refractivity contribution in [2.45, 2.75) is 18.5 Å². The third kappa shape index (κ3) is 1.88. The molecule has 1 aromatic rings. The number of alkyl halides is 1. The van der Waals surface area contributed by atoms with Crippen molar-refractivity contribution in [1.82, 2.24) is 9.78 Å². The number of aromatic nitrogens is 2. The maximum absolute atomic E-state index is 13.7. The monoisotopic (exact) mass is 296 g/mol. The molecule has 0 saturated heterocycles. The van der Waals surface area contributed by atoms with Crippen molar-refractivity contribution in [3.05, 3.63) is 10.2 Å². The highest BCUT2D eigenvalue weighted by Crippen LogP contribution is 2.52. The molecule has 1 aromatic heterocycles. The fourth-order valence-corrected chi connectivity index (χ4v) is 2.15. The Morgan fingerprint density at radius 2 is 2.33 bits per heavy atom. The SMILES string of the molecule is Cn1nc(C2(F)CC2)c(Br)c1OC(=O)Cl. The first-order valence-electron chi connectivity index (χ1n) is 4.23. The van der Waals surface area contributed by atoms with Crippen LogP contribution < -0.4 is 4.74 Å². The molecule has 7 heteroatoms. The van der Waals surface area contributed by atoms with Crippen LogP contribution in [0.15, 0.2) is 4.47 Å². The Bertz CT molecular complexity index is 431. The molecule has 1 heterocycles. The van der Waals surface area contributed by atoms with Crippen LogP contribution in [0.25, 0.3) is 0 Å². The van der Waals surface area contributed by atoms with Crippen molar-refractivity contribution in [1.29, 1.82) is 0 Å². The lowest BCUT2D eigenvalue weighted by atomic mass is 10.2. The minimum atomic E-state index is -1.38.